The maximum absolute atomic E-state index is 11.6. The molecule has 14 heteroatoms. The SMILES string of the molecule is C#CC(=O)OC(C)C.Cc1cc(O)cc(-c2ncn[nH]2)c1.Cc1cc(O/C=C/C(=O)OC(C)C)cc(-c2ncn(/C=C\C(=O)OC(C)C)n2)c1. The van der Waals surface area contributed by atoms with E-state index in [2.05, 4.69) is 30.0 Å². The number of aromatic hydroxyl groups is 1. The van der Waals surface area contributed by atoms with Crippen molar-refractivity contribution < 1.29 is 38.4 Å². The monoisotopic (exact) mass is 686 g/mol. The highest BCUT2D eigenvalue weighted by molar-refractivity contribution is 5.87. The second kappa shape index (κ2) is 20.2. The number of nitrogens with zero attached hydrogens (tertiary/aromatic N) is 5. The van der Waals surface area contributed by atoms with Crippen LogP contribution in [-0.2, 0) is 28.6 Å². The van der Waals surface area contributed by atoms with Gasteiger partial charge in [0.05, 0.1) is 30.6 Å². The number of hydrogen-bond acceptors (Lipinski definition) is 12. The number of ether oxygens (including phenoxy) is 4. The highest BCUT2D eigenvalue weighted by Gasteiger charge is 2.08. The van der Waals surface area contributed by atoms with E-state index in [1.54, 1.807) is 59.7 Å². The van der Waals surface area contributed by atoms with Gasteiger partial charge in [-0.2, -0.15) is 5.10 Å². The fraction of sp³-hybridized carbons (Fsp3) is 0.306. The molecule has 0 aliphatic heterocycles. The van der Waals surface area contributed by atoms with E-state index in [1.165, 1.54) is 42.0 Å². The van der Waals surface area contributed by atoms with E-state index < -0.39 is 17.9 Å². The third kappa shape index (κ3) is 15.6. The van der Waals surface area contributed by atoms with Crippen LogP contribution in [0.3, 0.4) is 0 Å². The first-order chi connectivity index (χ1) is 23.6. The summed E-state index contributed by atoms with van der Waals surface area (Å²) >= 11 is 0. The molecule has 0 bridgehead atoms. The summed E-state index contributed by atoms with van der Waals surface area (Å²) in [6, 6.07) is 10.7. The van der Waals surface area contributed by atoms with Gasteiger partial charge in [0, 0.05) is 29.3 Å². The summed E-state index contributed by atoms with van der Waals surface area (Å²) in [5.41, 5.74) is 3.50. The van der Waals surface area contributed by atoms with Crippen LogP contribution >= 0.6 is 0 Å². The molecule has 50 heavy (non-hydrogen) atoms. The van der Waals surface area contributed by atoms with Crippen molar-refractivity contribution in [3.05, 3.63) is 78.6 Å². The van der Waals surface area contributed by atoms with Gasteiger partial charge in [-0.05, 0) is 103 Å². The molecule has 0 saturated carbocycles. The first-order valence-corrected chi connectivity index (χ1v) is 15.4. The standard InChI is InChI=1S/C21H25N3O5.C9H9N3O.C6H8O2/c1-14(2)28-19(25)6-8-24-13-22-21(23-24)17-10-16(5)11-18(12-17)27-9-7-20(26)29-15(3)4;1-6-2-7(4-8(13)3-6)9-10-5-11-12-9;1-4-6(7)8-5(2)3/h6-15H,1-5H3;2-5,13H,1H3,(H,10,11,12);1,5H,2-3H3/b8-6-,9-7+;;. The summed E-state index contributed by atoms with van der Waals surface area (Å²) in [5, 5.41) is 20.1. The maximum atomic E-state index is 11.6. The molecule has 0 spiro atoms. The Morgan fingerprint density at radius 1 is 0.840 bits per heavy atom. The van der Waals surface area contributed by atoms with Crippen molar-refractivity contribution in [3.63, 3.8) is 0 Å². The molecule has 2 aromatic heterocycles. The fourth-order valence-corrected chi connectivity index (χ4v) is 3.76. The number of aromatic nitrogens is 6. The molecule has 0 amide bonds. The van der Waals surface area contributed by atoms with Gasteiger partial charge in [0.15, 0.2) is 11.6 Å². The average molecular weight is 687 g/mol. The Hall–Kier alpha value is -6.23. The van der Waals surface area contributed by atoms with E-state index in [0.717, 1.165) is 22.3 Å². The summed E-state index contributed by atoms with van der Waals surface area (Å²) in [6.07, 6.45) is 12.4. The van der Waals surface area contributed by atoms with Gasteiger partial charge < -0.3 is 24.1 Å². The molecule has 0 unspecified atom stereocenters. The van der Waals surface area contributed by atoms with Gasteiger partial charge in [-0.25, -0.2) is 29.0 Å². The minimum atomic E-state index is -0.597. The van der Waals surface area contributed by atoms with Gasteiger partial charge in [0.1, 0.15) is 24.2 Å². The number of esters is 3. The molecule has 0 aliphatic carbocycles. The minimum absolute atomic E-state index is 0.112. The molecule has 0 atom stereocenters. The molecule has 0 aliphatic rings. The second-order valence-corrected chi connectivity index (χ2v) is 11.3. The Morgan fingerprint density at radius 2 is 1.46 bits per heavy atom. The van der Waals surface area contributed by atoms with Crippen molar-refractivity contribution in [1.82, 2.24) is 29.9 Å². The molecule has 0 saturated heterocycles. The number of H-pyrrole nitrogens is 1. The molecule has 2 aromatic carbocycles. The average Bonchev–Trinajstić information content (AvgIpc) is 3.72. The van der Waals surface area contributed by atoms with Gasteiger partial charge in [-0.15, -0.1) is 11.5 Å². The van der Waals surface area contributed by atoms with Crippen LogP contribution in [0.15, 0.2) is 67.5 Å². The fourth-order valence-electron chi connectivity index (χ4n) is 3.76. The van der Waals surface area contributed by atoms with E-state index in [1.807, 2.05) is 38.0 Å². The normalized spacial score (nSPS) is 10.7. The molecule has 264 valence electrons. The van der Waals surface area contributed by atoms with Crippen LogP contribution in [0.5, 0.6) is 11.5 Å². The Bertz CT molecular complexity index is 1780. The van der Waals surface area contributed by atoms with Crippen LogP contribution in [0.1, 0.15) is 52.7 Å². The van der Waals surface area contributed by atoms with Gasteiger partial charge in [0.2, 0.25) is 0 Å². The number of terminal acetylenes is 1. The van der Waals surface area contributed by atoms with E-state index >= 15 is 0 Å². The zero-order valence-electron chi connectivity index (χ0n) is 29.3. The van der Waals surface area contributed by atoms with Gasteiger partial charge >= 0.3 is 17.9 Å². The lowest BCUT2D eigenvalue weighted by Crippen LogP contribution is -2.08. The van der Waals surface area contributed by atoms with Crippen LogP contribution in [0, 0.1) is 26.2 Å². The van der Waals surface area contributed by atoms with Crippen LogP contribution in [0.25, 0.3) is 29.0 Å². The molecular formula is C36H42N6O8. The van der Waals surface area contributed by atoms with Crippen molar-refractivity contribution >= 4 is 24.1 Å². The van der Waals surface area contributed by atoms with Gasteiger partial charge in [-0.1, -0.05) is 0 Å². The third-order valence-electron chi connectivity index (χ3n) is 5.50. The Balaban J connectivity index is 0.000000336. The lowest BCUT2D eigenvalue weighted by molar-refractivity contribution is -0.142. The van der Waals surface area contributed by atoms with E-state index in [4.69, 9.17) is 20.6 Å². The van der Waals surface area contributed by atoms with Crippen molar-refractivity contribution in [2.45, 2.75) is 73.7 Å². The number of phenols is 1. The first-order valence-electron chi connectivity index (χ1n) is 15.4. The van der Waals surface area contributed by atoms with Crippen molar-refractivity contribution in [3.8, 4) is 46.6 Å². The van der Waals surface area contributed by atoms with Crippen LogP contribution < -0.4 is 4.74 Å². The number of hydrogen-bond donors (Lipinski definition) is 2. The Morgan fingerprint density at radius 3 is 2.02 bits per heavy atom. The highest BCUT2D eigenvalue weighted by Crippen LogP contribution is 2.24. The van der Waals surface area contributed by atoms with Gasteiger partial charge in [0.25, 0.3) is 0 Å². The minimum Gasteiger partial charge on any atom is -0.508 e. The van der Waals surface area contributed by atoms with Crippen LogP contribution in [0.4, 0.5) is 0 Å². The summed E-state index contributed by atoms with van der Waals surface area (Å²) in [4.78, 5) is 41.5. The molecule has 2 N–H and O–H groups in total. The van der Waals surface area contributed by atoms with E-state index in [0.29, 0.717) is 17.4 Å². The number of phenolic OH excluding ortho intramolecular Hbond substituents is 1. The molecule has 4 aromatic rings. The molecular weight excluding hydrogens is 644 g/mol. The largest absolute Gasteiger partial charge is 0.508 e. The summed E-state index contributed by atoms with van der Waals surface area (Å²) in [5.74, 6) is 2.21. The third-order valence-corrected chi connectivity index (χ3v) is 5.50. The maximum Gasteiger partial charge on any atom is 0.384 e. The lowest BCUT2D eigenvalue weighted by atomic mass is 10.1. The smallest absolute Gasteiger partial charge is 0.384 e. The van der Waals surface area contributed by atoms with Crippen molar-refractivity contribution in [1.29, 1.82) is 0 Å². The number of carbonyl (C=O) groups excluding carboxylic acids is 3. The molecule has 14 nitrogen and oxygen atoms in total. The van der Waals surface area contributed by atoms with Crippen molar-refractivity contribution in [2.24, 2.45) is 0 Å². The number of nitrogens with one attached hydrogen (secondary N) is 1. The number of aromatic amines is 1. The lowest BCUT2D eigenvalue weighted by Gasteiger charge is -2.06. The van der Waals surface area contributed by atoms with Crippen LogP contribution in [0.2, 0.25) is 0 Å². The number of benzene rings is 2. The Labute approximate surface area is 291 Å². The molecule has 4 rings (SSSR count). The second-order valence-electron chi connectivity index (χ2n) is 11.3. The Kier molecular flexibility index (Phi) is 16.1. The van der Waals surface area contributed by atoms with Gasteiger partial charge in [-0.3, -0.25) is 5.10 Å². The number of carbonyl (C=O) groups is 3. The summed E-state index contributed by atoms with van der Waals surface area (Å²) < 4.78 is 21.5. The predicted molar refractivity (Wildman–Crippen MR) is 186 cm³/mol. The zero-order valence-corrected chi connectivity index (χ0v) is 29.3. The number of rotatable bonds is 10. The van der Waals surface area contributed by atoms with Crippen LogP contribution in [-0.4, -0.2) is 71.3 Å². The number of aryl methyl sites for hydroxylation is 2. The quantitative estimate of drug-likeness (QED) is 0.0529. The predicted octanol–water partition coefficient (Wildman–Crippen LogP) is 5.58. The van der Waals surface area contributed by atoms with E-state index in [9.17, 15) is 19.5 Å². The zero-order chi connectivity index (χ0) is 37.2. The summed E-state index contributed by atoms with van der Waals surface area (Å²) in [6.45, 7) is 14.4. The molecule has 0 radical (unpaired) electrons. The van der Waals surface area contributed by atoms with Crippen molar-refractivity contribution in [2.75, 3.05) is 0 Å². The first kappa shape index (κ1) is 39.9. The highest BCUT2D eigenvalue weighted by atomic mass is 16.5. The topological polar surface area (TPSA) is 181 Å². The molecule has 0 fully saturated rings. The van der Waals surface area contributed by atoms with E-state index in [-0.39, 0.29) is 24.1 Å². The molecule has 2 heterocycles. The summed E-state index contributed by atoms with van der Waals surface area (Å²) in [7, 11) is 0.